The highest BCUT2D eigenvalue weighted by Gasteiger charge is 2.25. The molecule has 0 fully saturated rings. The van der Waals surface area contributed by atoms with Crippen molar-refractivity contribution in [3.63, 3.8) is 0 Å². The van der Waals surface area contributed by atoms with E-state index in [4.69, 9.17) is 4.74 Å². The van der Waals surface area contributed by atoms with Gasteiger partial charge in [-0.15, -0.1) is 5.10 Å². The Kier molecular flexibility index (Phi) is 8.80. The average molecular weight is 491 g/mol. The molecule has 0 bridgehead atoms. The van der Waals surface area contributed by atoms with Crippen molar-refractivity contribution >= 4 is 10.9 Å². The molecular weight excluding hydrogens is 456 g/mol. The molecule has 36 heavy (non-hydrogen) atoms. The third-order valence-corrected chi connectivity index (χ3v) is 6.32. The van der Waals surface area contributed by atoms with Gasteiger partial charge in [0.2, 0.25) is 0 Å². The number of ether oxygens (including phenoxy) is 1. The van der Waals surface area contributed by atoms with Crippen molar-refractivity contribution in [2.75, 3.05) is 19.8 Å². The zero-order valence-corrected chi connectivity index (χ0v) is 20.9. The number of aryl methyl sites for hydroxylation is 2. The Morgan fingerprint density at radius 3 is 2.72 bits per heavy atom. The van der Waals surface area contributed by atoms with Crippen LogP contribution in [0.3, 0.4) is 0 Å². The van der Waals surface area contributed by atoms with Gasteiger partial charge in [-0.3, -0.25) is 9.69 Å². The molecule has 0 saturated heterocycles. The predicted molar refractivity (Wildman–Crippen MR) is 139 cm³/mol. The summed E-state index contributed by atoms with van der Waals surface area (Å²) in [6.45, 7) is 6.36. The van der Waals surface area contributed by atoms with E-state index in [2.05, 4.69) is 44.5 Å². The first-order valence-corrected chi connectivity index (χ1v) is 12.6. The maximum atomic E-state index is 13.0. The molecule has 2 heterocycles. The summed E-state index contributed by atoms with van der Waals surface area (Å²) in [5, 5.41) is 23.1. The maximum absolute atomic E-state index is 13.0. The molecule has 1 atom stereocenters. The predicted octanol–water partition coefficient (Wildman–Crippen LogP) is 3.49. The molecule has 0 spiro atoms. The van der Waals surface area contributed by atoms with E-state index in [0.717, 1.165) is 35.3 Å². The average Bonchev–Trinajstić information content (AvgIpc) is 3.36. The van der Waals surface area contributed by atoms with E-state index >= 15 is 0 Å². The Morgan fingerprint density at radius 1 is 1.14 bits per heavy atom. The summed E-state index contributed by atoms with van der Waals surface area (Å²) in [6, 6.07) is 17.7. The highest BCUT2D eigenvalue weighted by atomic mass is 16.5. The number of tetrazole rings is 1. The van der Waals surface area contributed by atoms with Crippen molar-refractivity contribution in [1.82, 2.24) is 30.1 Å². The normalized spacial score (nSPS) is 12.3. The first-order chi connectivity index (χ1) is 17.6. The van der Waals surface area contributed by atoms with E-state index in [9.17, 15) is 9.90 Å². The number of benzene rings is 2. The fourth-order valence-electron chi connectivity index (χ4n) is 4.53. The Balaban J connectivity index is 1.60. The molecule has 0 amide bonds. The summed E-state index contributed by atoms with van der Waals surface area (Å²) < 4.78 is 7.49. The number of rotatable bonds is 13. The molecular formula is C27H34N6O3. The molecule has 0 aliphatic heterocycles. The van der Waals surface area contributed by atoms with Crippen LogP contribution in [0.15, 0.2) is 59.4 Å². The van der Waals surface area contributed by atoms with Crippen molar-refractivity contribution in [2.45, 2.75) is 52.2 Å². The van der Waals surface area contributed by atoms with Crippen LogP contribution in [-0.4, -0.2) is 55.0 Å². The van der Waals surface area contributed by atoms with E-state index in [0.29, 0.717) is 38.2 Å². The van der Waals surface area contributed by atoms with Crippen LogP contribution in [0.4, 0.5) is 0 Å². The summed E-state index contributed by atoms with van der Waals surface area (Å²) >= 11 is 0. The molecule has 9 heteroatoms. The minimum absolute atomic E-state index is 0.0671. The van der Waals surface area contributed by atoms with Crippen molar-refractivity contribution in [3.8, 4) is 5.75 Å². The van der Waals surface area contributed by atoms with E-state index in [-0.39, 0.29) is 18.2 Å². The number of nitrogens with zero attached hydrogens (tertiary/aromatic N) is 5. The summed E-state index contributed by atoms with van der Waals surface area (Å²) in [5.74, 6) is 1.53. The molecule has 0 aliphatic carbocycles. The molecule has 0 radical (unpaired) electrons. The van der Waals surface area contributed by atoms with Crippen molar-refractivity contribution in [2.24, 2.45) is 0 Å². The van der Waals surface area contributed by atoms with Gasteiger partial charge in [0.05, 0.1) is 12.6 Å². The van der Waals surface area contributed by atoms with Crippen LogP contribution < -0.4 is 10.3 Å². The molecule has 190 valence electrons. The summed E-state index contributed by atoms with van der Waals surface area (Å²) in [5.41, 5.74) is 2.51. The minimum Gasteiger partial charge on any atom is -0.494 e. The molecule has 2 N–H and O–H groups in total. The number of H-pyrrole nitrogens is 1. The van der Waals surface area contributed by atoms with Gasteiger partial charge in [0.1, 0.15) is 5.75 Å². The Hall–Kier alpha value is -3.56. The number of hydrogen-bond donors (Lipinski definition) is 2. The molecule has 2 aromatic heterocycles. The Morgan fingerprint density at radius 2 is 1.97 bits per heavy atom. The number of pyridine rings is 1. The largest absolute Gasteiger partial charge is 0.494 e. The van der Waals surface area contributed by atoms with Gasteiger partial charge in [0.15, 0.2) is 5.82 Å². The van der Waals surface area contributed by atoms with Gasteiger partial charge in [-0.1, -0.05) is 37.3 Å². The van der Waals surface area contributed by atoms with E-state index in [1.54, 1.807) is 0 Å². The monoisotopic (exact) mass is 490 g/mol. The van der Waals surface area contributed by atoms with Crippen LogP contribution in [0.5, 0.6) is 5.75 Å². The molecule has 0 unspecified atom stereocenters. The zero-order valence-electron chi connectivity index (χ0n) is 20.9. The second-order valence-corrected chi connectivity index (χ2v) is 8.77. The third kappa shape index (κ3) is 6.16. The lowest BCUT2D eigenvalue weighted by atomic mass is 10.1. The Labute approximate surface area is 210 Å². The lowest BCUT2D eigenvalue weighted by Gasteiger charge is -2.30. The van der Waals surface area contributed by atoms with Crippen molar-refractivity contribution in [3.05, 3.63) is 81.9 Å². The van der Waals surface area contributed by atoms with Gasteiger partial charge in [0.25, 0.3) is 5.56 Å². The highest BCUT2D eigenvalue weighted by molar-refractivity contribution is 5.80. The summed E-state index contributed by atoms with van der Waals surface area (Å²) in [6.07, 6.45) is 2.16. The van der Waals surface area contributed by atoms with Crippen molar-refractivity contribution in [1.29, 1.82) is 0 Å². The van der Waals surface area contributed by atoms with Crippen LogP contribution >= 0.6 is 0 Å². The number of aromatic amines is 1. The van der Waals surface area contributed by atoms with Crippen LogP contribution in [0.1, 0.15) is 49.7 Å². The number of hydrogen-bond acceptors (Lipinski definition) is 7. The standard InChI is InChI=1S/C27H34N6O3/c1-3-25(26-29-30-31-33(26)15-13-20-9-6-5-7-10-20)32(14-8-16-34)19-22-17-21-18-23(36-4-2)11-12-24(21)28-27(22)35/h5-7,9-12,17-18,25,34H,3-4,8,13-16,19H2,1-2H3,(H,28,35)/t25-/m1/s1. The van der Waals surface area contributed by atoms with Crippen LogP contribution in [-0.2, 0) is 19.5 Å². The second kappa shape index (κ2) is 12.4. The minimum atomic E-state index is -0.126. The fraction of sp³-hybridized carbons (Fsp3) is 0.407. The van der Waals surface area contributed by atoms with E-state index < -0.39 is 0 Å². The molecule has 0 saturated carbocycles. The first kappa shape index (κ1) is 25.5. The number of aliphatic hydroxyl groups excluding tert-OH is 1. The van der Waals surface area contributed by atoms with Crippen LogP contribution in [0.2, 0.25) is 0 Å². The number of nitrogens with one attached hydrogen (secondary N) is 1. The van der Waals surface area contributed by atoms with E-state index in [1.807, 2.05) is 54.1 Å². The quantitative estimate of drug-likeness (QED) is 0.295. The van der Waals surface area contributed by atoms with Gasteiger partial charge in [-0.05, 0) is 66.4 Å². The SMILES string of the molecule is CCOc1ccc2[nH]c(=O)c(CN(CCCO)[C@H](CC)c3nnnn3CCc3ccccc3)cc2c1. The highest BCUT2D eigenvalue weighted by Crippen LogP contribution is 2.25. The Bertz CT molecular complexity index is 1300. The molecule has 0 aliphatic rings. The van der Waals surface area contributed by atoms with Crippen LogP contribution in [0, 0.1) is 0 Å². The number of aromatic nitrogens is 5. The summed E-state index contributed by atoms with van der Waals surface area (Å²) in [7, 11) is 0. The van der Waals surface area contributed by atoms with E-state index in [1.165, 1.54) is 5.56 Å². The number of aliphatic hydroxyl groups is 1. The maximum Gasteiger partial charge on any atom is 0.252 e. The summed E-state index contributed by atoms with van der Waals surface area (Å²) in [4.78, 5) is 18.2. The first-order valence-electron chi connectivity index (χ1n) is 12.6. The third-order valence-electron chi connectivity index (χ3n) is 6.32. The number of fused-ring (bicyclic) bond motifs is 1. The van der Waals surface area contributed by atoms with Gasteiger partial charge >= 0.3 is 0 Å². The fourth-order valence-corrected chi connectivity index (χ4v) is 4.53. The zero-order chi connectivity index (χ0) is 25.3. The van der Waals surface area contributed by atoms with Crippen molar-refractivity contribution < 1.29 is 9.84 Å². The molecule has 4 rings (SSSR count). The van der Waals surface area contributed by atoms with Crippen LogP contribution in [0.25, 0.3) is 10.9 Å². The van der Waals surface area contributed by atoms with Gasteiger partial charge in [0, 0.05) is 42.7 Å². The van der Waals surface area contributed by atoms with Gasteiger partial charge < -0.3 is 14.8 Å². The van der Waals surface area contributed by atoms with Gasteiger partial charge in [-0.25, -0.2) is 4.68 Å². The topological polar surface area (TPSA) is 109 Å². The second-order valence-electron chi connectivity index (χ2n) is 8.77. The smallest absolute Gasteiger partial charge is 0.252 e. The van der Waals surface area contributed by atoms with Gasteiger partial charge in [-0.2, -0.15) is 0 Å². The lowest BCUT2D eigenvalue weighted by molar-refractivity contribution is 0.152. The molecule has 2 aromatic carbocycles. The lowest BCUT2D eigenvalue weighted by Crippen LogP contribution is -2.34. The molecule has 9 nitrogen and oxygen atoms in total. The molecule has 4 aromatic rings.